The van der Waals surface area contributed by atoms with Gasteiger partial charge in [-0.25, -0.2) is 4.59 Å². The van der Waals surface area contributed by atoms with Crippen LogP contribution in [0, 0.1) is 0 Å². The number of rotatable bonds is 2. The first-order valence-electron chi connectivity index (χ1n) is 3.87. The SMILES string of the molecule is C[N+](C)(N)C(O)c1ccccc1. The van der Waals surface area contributed by atoms with E-state index >= 15 is 0 Å². The molecule has 0 saturated carbocycles. The van der Waals surface area contributed by atoms with Crippen molar-refractivity contribution in [3.8, 4) is 0 Å². The third-order valence-corrected chi connectivity index (χ3v) is 1.73. The van der Waals surface area contributed by atoms with E-state index in [1.165, 1.54) is 0 Å². The first kappa shape index (κ1) is 9.19. The predicted molar refractivity (Wildman–Crippen MR) is 47.7 cm³/mol. The molecule has 3 N–H and O–H groups in total. The molecule has 1 aromatic rings. The molecule has 0 aromatic heterocycles. The van der Waals surface area contributed by atoms with Crippen LogP contribution in [0.25, 0.3) is 0 Å². The third-order valence-electron chi connectivity index (χ3n) is 1.73. The van der Waals surface area contributed by atoms with Gasteiger partial charge in [-0.3, -0.25) is 0 Å². The minimum Gasteiger partial charge on any atom is -0.340 e. The summed E-state index contributed by atoms with van der Waals surface area (Å²) < 4.78 is 0.0318. The Kier molecular flexibility index (Phi) is 2.47. The Hall–Kier alpha value is -0.900. The fraction of sp³-hybridized carbons (Fsp3) is 0.333. The van der Waals surface area contributed by atoms with Crippen molar-refractivity contribution in [3.05, 3.63) is 35.9 Å². The Bertz CT molecular complexity index is 240. The van der Waals surface area contributed by atoms with E-state index in [0.717, 1.165) is 5.56 Å². The third kappa shape index (κ3) is 2.04. The molecule has 3 nitrogen and oxygen atoms in total. The number of benzene rings is 1. The van der Waals surface area contributed by atoms with Crippen molar-refractivity contribution in [2.24, 2.45) is 5.84 Å². The number of nitrogens with zero attached hydrogens (tertiary/aromatic N) is 1. The van der Waals surface area contributed by atoms with Crippen LogP contribution in [0.1, 0.15) is 11.8 Å². The molecule has 0 aliphatic heterocycles. The molecule has 1 unspecified atom stereocenters. The second-order valence-electron chi connectivity index (χ2n) is 3.41. The van der Waals surface area contributed by atoms with Gasteiger partial charge in [-0.2, -0.15) is 5.84 Å². The summed E-state index contributed by atoms with van der Waals surface area (Å²) in [6, 6.07) is 9.39. The van der Waals surface area contributed by atoms with Crippen molar-refractivity contribution < 1.29 is 9.70 Å². The van der Waals surface area contributed by atoms with E-state index in [9.17, 15) is 5.11 Å². The molecule has 3 heteroatoms. The quantitative estimate of drug-likeness (QED) is 0.294. The second-order valence-corrected chi connectivity index (χ2v) is 3.41. The van der Waals surface area contributed by atoms with Crippen molar-refractivity contribution in [3.63, 3.8) is 0 Å². The van der Waals surface area contributed by atoms with Gasteiger partial charge in [-0.05, 0) is 0 Å². The molecule has 66 valence electrons. The molecule has 0 fully saturated rings. The van der Waals surface area contributed by atoms with Crippen LogP contribution in [-0.4, -0.2) is 23.8 Å². The van der Waals surface area contributed by atoms with E-state index in [1.807, 2.05) is 30.3 Å². The average molecular weight is 167 g/mol. The van der Waals surface area contributed by atoms with Crippen LogP contribution in [0.2, 0.25) is 0 Å². The van der Waals surface area contributed by atoms with Crippen molar-refractivity contribution >= 4 is 0 Å². The van der Waals surface area contributed by atoms with Gasteiger partial charge in [-0.1, -0.05) is 30.3 Å². The zero-order valence-electron chi connectivity index (χ0n) is 7.44. The van der Waals surface area contributed by atoms with Gasteiger partial charge in [0.1, 0.15) is 0 Å². The van der Waals surface area contributed by atoms with Crippen LogP contribution >= 0.6 is 0 Å². The Morgan fingerprint density at radius 1 is 1.25 bits per heavy atom. The second kappa shape index (κ2) is 3.23. The number of hydrogen-bond donors (Lipinski definition) is 2. The van der Waals surface area contributed by atoms with Gasteiger partial charge in [0.2, 0.25) is 6.23 Å². The molecule has 1 aromatic carbocycles. The van der Waals surface area contributed by atoms with E-state index < -0.39 is 6.23 Å². The number of hydrogen-bond acceptors (Lipinski definition) is 2. The molecule has 0 bridgehead atoms. The molecular weight excluding hydrogens is 152 g/mol. The molecule has 0 aliphatic carbocycles. The lowest BCUT2D eigenvalue weighted by Crippen LogP contribution is -2.49. The van der Waals surface area contributed by atoms with Gasteiger partial charge in [0.05, 0.1) is 14.1 Å². The monoisotopic (exact) mass is 167 g/mol. The van der Waals surface area contributed by atoms with E-state index in [4.69, 9.17) is 5.84 Å². The maximum absolute atomic E-state index is 9.70. The van der Waals surface area contributed by atoms with Crippen molar-refractivity contribution in [2.75, 3.05) is 14.1 Å². The highest BCUT2D eigenvalue weighted by molar-refractivity contribution is 5.15. The fourth-order valence-corrected chi connectivity index (χ4v) is 1.01. The van der Waals surface area contributed by atoms with Crippen LogP contribution in [0.5, 0.6) is 0 Å². The average Bonchev–Trinajstić information content (AvgIpc) is 2.03. The van der Waals surface area contributed by atoms with Gasteiger partial charge < -0.3 is 5.11 Å². The Labute approximate surface area is 72.6 Å². The molecule has 0 radical (unpaired) electrons. The predicted octanol–water partition coefficient (Wildman–Crippen LogP) is 0.628. The van der Waals surface area contributed by atoms with Gasteiger partial charge >= 0.3 is 0 Å². The van der Waals surface area contributed by atoms with Crippen LogP contribution in [0.15, 0.2) is 30.3 Å². The molecule has 1 rings (SSSR count). The Morgan fingerprint density at radius 3 is 2.17 bits per heavy atom. The van der Waals surface area contributed by atoms with Crippen molar-refractivity contribution in [1.29, 1.82) is 0 Å². The summed E-state index contributed by atoms with van der Waals surface area (Å²) in [5, 5.41) is 9.70. The maximum atomic E-state index is 9.70. The highest BCUT2D eigenvalue weighted by Crippen LogP contribution is 2.16. The molecule has 12 heavy (non-hydrogen) atoms. The van der Waals surface area contributed by atoms with Crippen molar-refractivity contribution in [1.82, 2.24) is 0 Å². The molecule has 0 heterocycles. The number of quaternary nitrogens is 1. The van der Waals surface area contributed by atoms with Crippen LogP contribution in [0.3, 0.4) is 0 Å². The van der Waals surface area contributed by atoms with Crippen LogP contribution < -0.4 is 5.84 Å². The lowest BCUT2D eigenvalue weighted by molar-refractivity contribution is -0.955. The smallest absolute Gasteiger partial charge is 0.234 e. The normalized spacial score (nSPS) is 14.3. The molecule has 0 saturated heterocycles. The topological polar surface area (TPSA) is 46.2 Å². The Morgan fingerprint density at radius 2 is 1.75 bits per heavy atom. The number of nitrogens with two attached hydrogens (primary N) is 1. The minimum atomic E-state index is -0.661. The summed E-state index contributed by atoms with van der Waals surface area (Å²) in [6.45, 7) is 0. The van der Waals surface area contributed by atoms with E-state index in [0.29, 0.717) is 0 Å². The van der Waals surface area contributed by atoms with Gasteiger partial charge in [0, 0.05) is 5.56 Å². The van der Waals surface area contributed by atoms with Crippen LogP contribution in [0.4, 0.5) is 0 Å². The number of aliphatic hydroxyl groups is 1. The van der Waals surface area contributed by atoms with Crippen molar-refractivity contribution in [2.45, 2.75) is 6.23 Å². The lowest BCUT2D eigenvalue weighted by Gasteiger charge is -2.28. The van der Waals surface area contributed by atoms with Gasteiger partial charge in [0.15, 0.2) is 0 Å². The molecule has 1 atom stereocenters. The molecule has 0 spiro atoms. The summed E-state index contributed by atoms with van der Waals surface area (Å²) in [6.07, 6.45) is -0.661. The lowest BCUT2D eigenvalue weighted by atomic mass is 10.2. The van der Waals surface area contributed by atoms with Crippen LogP contribution in [-0.2, 0) is 0 Å². The summed E-state index contributed by atoms with van der Waals surface area (Å²) in [7, 11) is 3.50. The molecule has 0 aliphatic rings. The fourth-order valence-electron chi connectivity index (χ4n) is 1.01. The van der Waals surface area contributed by atoms with E-state index in [2.05, 4.69) is 0 Å². The summed E-state index contributed by atoms with van der Waals surface area (Å²) in [5.41, 5.74) is 0.838. The summed E-state index contributed by atoms with van der Waals surface area (Å²) in [5.74, 6) is 5.70. The van der Waals surface area contributed by atoms with Gasteiger partial charge in [-0.15, -0.1) is 0 Å². The summed E-state index contributed by atoms with van der Waals surface area (Å²) >= 11 is 0. The van der Waals surface area contributed by atoms with E-state index in [-0.39, 0.29) is 4.59 Å². The minimum absolute atomic E-state index is 0.0318. The standard InChI is InChI=1S/C9H15N2O/c1-11(2,10)9(12)8-6-4-3-5-7-8/h3-7,9,12H,10H2,1-2H3/q+1. The maximum Gasteiger partial charge on any atom is 0.234 e. The largest absolute Gasteiger partial charge is 0.340 e. The first-order valence-corrected chi connectivity index (χ1v) is 3.87. The van der Waals surface area contributed by atoms with E-state index in [1.54, 1.807) is 14.1 Å². The summed E-state index contributed by atoms with van der Waals surface area (Å²) in [4.78, 5) is 0. The molecule has 0 amide bonds. The number of aliphatic hydroxyl groups excluding tert-OH is 1. The first-order chi connectivity index (χ1) is 5.52. The Balaban J connectivity index is 2.86. The molecular formula is C9H15N2O+. The van der Waals surface area contributed by atoms with Gasteiger partial charge in [0.25, 0.3) is 0 Å². The zero-order valence-corrected chi connectivity index (χ0v) is 7.44. The zero-order chi connectivity index (χ0) is 9.19. The highest BCUT2D eigenvalue weighted by Gasteiger charge is 2.23. The highest BCUT2D eigenvalue weighted by atomic mass is 16.3.